The first-order valence-electron chi connectivity index (χ1n) is 8.75. The largest absolute Gasteiger partial charge is 0.493 e. The number of nitrogens with one attached hydrogen (secondary N) is 1. The highest BCUT2D eigenvalue weighted by Gasteiger charge is 2.26. The third-order valence-corrected chi connectivity index (χ3v) is 5.10. The van der Waals surface area contributed by atoms with E-state index >= 15 is 0 Å². The molecule has 0 atom stereocenters. The first-order valence-corrected chi connectivity index (χ1v) is 9.13. The Kier molecular flexibility index (Phi) is 6.03. The Balaban J connectivity index is 1.72. The standard InChI is InChI=1S/C19H22ClN3O4/c1-26-18-10-14(17(23(24)25)12-19(18)27-2)13-21-6-8-22(9-7-21)16-5-3-4-15(20)11-16/h3-5,10-12H,6-9,13H2,1-2H3/p+1. The van der Waals surface area contributed by atoms with Gasteiger partial charge >= 0.3 is 0 Å². The summed E-state index contributed by atoms with van der Waals surface area (Å²) in [6.07, 6.45) is 0. The lowest BCUT2D eigenvalue weighted by atomic mass is 10.1. The quantitative estimate of drug-likeness (QED) is 0.602. The molecule has 1 aliphatic heterocycles. The summed E-state index contributed by atoms with van der Waals surface area (Å²) in [5.74, 6) is 0.879. The molecule has 0 spiro atoms. The summed E-state index contributed by atoms with van der Waals surface area (Å²) in [6.45, 7) is 4.09. The molecule has 27 heavy (non-hydrogen) atoms. The Morgan fingerprint density at radius 2 is 1.81 bits per heavy atom. The molecule has 7 nitrogen and oxygen atoms in total. The van der Waals surface area contributed by atoms with Crippen LogP contribution in [0, 0.1) is 10.1 Å². The lowest BCUT2D eigenvalue weighted by Gasteiger charge is -2.33. The lowest BCUT2D eigenvalue weighted by molar-refractivity contribution is -0.914. The number of nitro groups is 1. The molecule has 1 N–H and O–H groups in total. The Morgan fingerprint density at radius 1 is 1.15 bits per heavy atom. The van der Waals surface area contributed by atoms with Crippen LogP contribution in [0.5, 0.6) is 11.5 Å². The van der Waals surface area contributed by atoms with E-state index in [1.165, 1.54) is 25.2 Å². The van der Waals surface area contributed by atoms with Crippen molar-refractivity contribution in [3.8, 4) is 11.5 Å². The summed E-state index contributed by atoms with van der Waals surface area (Å²) in [5.41, 5.74) is 1.83. The minimum absolute atomic E-state index is 0.0671. The van der Waals surface area contributed by atoms with E-state index in [0.29, 0.717) is 23.6 Å². The monoisotopic (exact) mass is 392 g/mol. The zero-order chi connectivity index (χ0) is 19.4. The van der Waals surface area contributed by atoms with E-state index in [1.807, 2.05) is 18.2 Å². The number of benzene rings is 2. The second-order valence-corrected chi connectivity index (χ2v) is 6.92. The average Bonchev–Trinajstić information content (AvgIpc) is 2.68. The summed E-state index contributed by atoms with van der Waals surface area (Å²) in [6, 6.07) is 11.0. The van der Waals surface area contributed by atoms with E-state index in [0.717, 1.165) is 36.9 Å². The fraction of sp³-hybridized carbons (Fsp3) is 0.368. The fourth-order valence-electron chi connectivity index (χ4n) is 3.42. The number of ether oxygens (including phenoxy) is 2. The van der Waals surface area contributed by atoms with E-state index in [9.17, 15) is 10.1 Å². The Bertz CT molecular complexity index is 823. The highest BCUT2D eigenvalue weighted by molar-refractivity contribution is 6.30. The summed E-state index contributed by atoms with van der Waals surface area (Å²) >= 11 is 6.08. The van der Waals surface area contributed by atoms with Crippen LogP contribution in [0.25, 0.3) is 0 Å². The van der Waals surface area contributed by atoms with Crippen molar-refractivity contribution in [2.75, 3.05) is 45.3 Å². The van der Waals surface area contributed by atoms with Crippen molar-refractivity contribution >= 4 is 23.0 Å². The topological polar surface area (TPSA) is 69.3 Å². The molecule has 0 saturated carbocycles. The molecule has 1 aliphatic rings. The van der Waals surface area contributed by atoms with Crippen LogP contribution in [0.4, 0.5) is 11.4 Å². The number of quaternary nitrogens is 1. The summed E-state index contributed by atoms with van der Waals surface area (Å²) in [4.78, 5) is 14.7. The highest BCUT2D eigenvalue weighted by atomic mass is 35.5. The third-order valence-electron chi connectivity index (χ3n) is 4.87. The van der Waals surface area contributed by atoms with Crippen LogP contribution in [0.3, 0.4) is 0 Å². The minimum Gasteiger partial charge on any atom is -0.493 e. The molecule has 1 heterocycles. The van der Waals surface area contributed by atoms with Crippen LogP contribution in [0.1, 0.15) is 5.56 Å². The Morgan fingerprint density at radius 3 is 2.41 bits per heavy atom. The van der Waals surface area contributed by atoms with Gasteiger partial charge in [0, 0.05) is 10.7 Å². The van der Waals surface area contributed by atoms with Crippen molar-refractivity contribution in [2.24, 2.45) is 0 Å². The minimum atomic E-state index is -0.362. The van der Waals surface area contributed by atoms with Gasteiger partial charge in [-0.3, -0.25) is 10.1 Å². The van der Waals surface area contributed by atoms with Gasteiger partial charge in [0.1, 0.15) is 6.54 Å². The van der Waals surface area contributed by atoms with Crippen LogP contribution in [-0.4, -0.2) is 45.3 Å². The molecule has 0 unspecified atom stereocenters. The molecule has 0 radical (unpaired) electrons. The summed E-state index contributed by atoms with van der Waals surface area (Å²) in [5, 5.41) is 12.2. The van der Waals surface area contributed by atoms with Gasteiger partial charge in [0.2, 0.25) is 0 Å². The van der Waals surface area contributed by atoms with Crippen molar-refractivity contribution in [1.29, 1.82) is 0 Å². The maximum Gasteiger partial charge on any atom is 0.282 e. The fourth-order valence-corrected chi connectivity index (χ4v) is 3.61. The first-order chi connectivity index (χ1) is 13.0. The smallest absolute Gasteiger partial charge is 0.282 e. The molecule has 1 saturated heterocycles. The number of nitro benzene ring substituents is 1. The third kappa shape index (κ3) is 4.43. The maximum atomic E-state index is 11.5. The molecule has 0 aliphatic carbocycles. The van der Waals surface area contributed by atoms with Gasteiger partial charge in [-0.1, -0.05) is 17.7 Å². The van der Waals surface area contributed by atoms with Crippen molar-refractivity contribution in [2.45, 2.75) is 6.54 Å². The summed E-state index contributed by atoms with van der Waals surface area (Å²) in [7, 11) is 3.01. The molecule has 0 amide bonds. The second-order valence-electron chi connectivity index (χ2n) is 6.49. The molecule has 0 aromatic heterocycles. The van der Waals surface area contributed by atoms with Gasteiger partial charge in [-0.2, -0.15) is 0 Å². The Hall–Kier alpha value is -2.51. The SMILES string of the molecule is COc1cc(C[NH+]2CCN(c3cccc(Cl)c3)CC2)c([N+](=O)[O-])cc1OC. The Labute approximate surface area is 163 Å². The van der Waals surface area contributed by atoms with Gasteiger partial charge in [0.15, 0.2) is 11.5 Å². The predicted molar refractivity (Wildman–Crippen MR) is 104 cm³/mol. The predicted octanol–water partition coefficient (Wildman–Crippen LogP) is 2.17. The van der Waals surface area contributed by atoms with Gasteiger partial charge in [-0.15, -0.1) is 0 Å². The van der Waals surface area contributed by atoms with Gasteiger partial charge < -0.3 is 19.3 Å². The van der Waals surface area contributed by atoms with Crippen LogP contribution in [0.2, 0.25) is 5.02 Å². The molecule has 8 heteroatoms. The van der Waals surface area contributed by atoms with E-state index < -0.39 is 0 Å². The van der Waals surface area contributed by atoms with Crippen LogP contribution >= 0.6 is 11.6 Å². The maximum absolute atomic E-state index is 11.5. The number of halogens is 1. The first kappa shape index (κ1) is 19.3. The van der Waals surface area contributed by atoms with Crippen LogP contribution in [-0.2, 0) is 6.54 Å². The van der Waals surface area contributed by atoms with E-state index in [-0.39, 0.29) is 10.6 Å². The number of piperazine rings is 1. The number of nitrogens with zero attached hydrogens (tertiary/aromatic N) is 2. The van der Waals surface area contributed by atoms with Crippen molar-refractivity contribution in [1.82, 2.24) is 0 Å². The molecule has 2 aromatic rings. The highest BCUT2D eigenvalue weighted by Crippen LogP contribution is 2.34. The van der Waals surface area contributed by atoms with E-state index in [4.69, 9.17) is 21.1 Å². The van der Waals surface area contributed by atoms with Crippen molar-refractivity contribution in [3.05, 3.63) is 57.1 Å². The molecular formula is C19H23ClN3O4+. The van der Waals surface area contributed by atoms with E-state index in [1.54, 1.807) is 6.07 Å². The van der Waals surface area contributed by atoms with Gasteiger partial charge in [0.25, 0.3) is 5.69 Å². The van der Waals surface area contributed by atoms with E-state index in [2.05, 4.69) is 11.0 Å². The normalized spacial score (nSPS) is 14.9. The van der Waals surface area contributed by atoms with Gasteiger partial charge in [0.05, 0.1) is 57.0 Å². The summed E-state index contributed by atoms with van der Waals surface area (Å²) < 4.78 is 10.5. The molecule has 2 aromatic carbocycles. The van der Waals surface area contributed by atoms with Gasteiger partial charge in [-0.25, -0.2) is 0 Å². The van der Waals surface area contributed by atoms with Gasteiger partial charge in [-0.05, 0) is 24.3 Å². The second kappa shape index (κ2) is 8.45. The number of hydrogen-bond donors (Lipinski definition) is 1. The molecule has 144 valence electrons. The number of rotatable bonds is 6. The number of anilines is 1. The molecular weight excluding hydrogens is 370 g/mol. The number of methoxy groups -OCH3 is 2. The zero-order valence-corrected chi connectivity index (χ0v) is 16.2. The van der Waals surface area contributed by atoms with Crippen molar-refractivity contribution in [3.63, 3.8) is 0 Å². The lowest BCUT2D eigenvalue weighted by Crippen LogP contribution is -3.13. The molecule has 1 fully saturated rings. The number of hydrogen-bond acceptors (Lipinski definition) is 5. The zero-order valence-electron chi connectivity index (χ0n) is 15.4. The molecule has 3 rings (SSSR count). The van der Waals surface area contributed by atoms with Crippen LogP contribution < -0.4 is 19.3 Å². The molecule has 0 bridgehead atoms. The average molecular weight is 393 g/mol. The van der Waals surface area contributed by atoms with Crippen LogP contribution in [0.15, 0.2) is 36.4 Å². The van der Waals surface area contributed by atoms with Crippen molar-refractivity contribution < 1.29 is 19.3 Å².